The van der Waals surface area contributed by atoms with E-state index in [1.54, 1.807) is 16.7 Å². The number of anilines is 1. The number of hydrogen-bond acceptors (Lipinski definition) is 4. The van der Waals surface area contributed by atoms with E-state index in [-0.39, 0.29) is 30.6 Å². The average molecular weight is 404 g/mol. The molecular weight excluding hydrogens is 374 g/mol. The first-order chi connectivity index (χ1) is 13.6. The highest BCUT2D eigenvalue weighted by atomic mass is 32.2. The van der Waals surface area contributed by atoms with Crippen molar-refractivity contribution >= 4 is 35.2 Å². The fraction of sp³-hybridized carbons (Fsp3) is 0.571. The summed E-state index contributed by atoms with van der Waals surface area (Å²) < 4.78 is 0. The van der Waals surface area contributed by atoms with E-state index in [1.165, 1.54) is 0 Å². The van der Waals surface area contributed by atoms with Gasteiger partial charge in [-0.3, -0.25) is 14.4 Å². The van der Waals surface area contributed by atoms with E-state index < -0.39 is 0 Å². The zero-order valence-corrected chi connectivity index (χ0v) is 17.1. The van der Waals surface area contributed by atoms with Gasteiger partial charge in [-0.15, -0.1) is 11.8 Å². The van der Waals surface area contributed by atoms with Crippen LogP contribution in [0, 0.1) is 0 Å². The predicted octanol–water partition coefficient (Wildman–Crippen LogP) is 2.81. The third-order valence-electron chi connectivity index (χ3n) is 5.19. The zero-order valence-electron chi connectivity index (χ0n) is 16.3. The Labute approximate surface area is 171 Å². The van der Waals surface area contributed by atoms with Crippen LogP contribution < -0.4 is 10.2 Å². The van der Waals surface area contributed by atoms with Gasteiger partial charge in [0.05, 0.1) is 5.69 Å². The van der Waals surface area contributed by atoms with Crippen LogP contribution in [0.15, 0.2) is 29.2 Å². The van der Waals surface area contributed by atoms with Crippen LogP contribution >= 0.6 is 11.8 Å². The van der Waals surface area contributed by atoms with E-state index >= 15 is 0 Å². The number of thioether (sulfide) groups is 1. The van der Waals surface area contributed by atoms with Crippen molar-refractivity contribution in [2.45, 2.75) is 49.8 Å². The predicted molar refractivity (Wildman–Crippen MR) is 111 cm³/mol. The van der Waals surface area contributed by atoms with Gasteiger partial charge in [-0.1, -0.05) is 18.6 Å². The van der Waals surface area contributed by atoms with E-state index in [0.717, 1.165) is 48.6 Å². The lowest BCUT2D eigenvalue weighted by atomic mass is 10.2. The van der Waals surface area contributed by atoms with Gasteiger partial charge in [-0.2, -0.15) is 0 Å². The second-order valence-electron chi connectivity index (χ2n) is 7.26. The molecule has 0 bridgehead atoms. The molecule has 3 rings (SSSR count). The lowest BCUT2D eigenvalue weighted by Gasteiger charge is -2.29. The fourth-order valence-corrected chi connectivity index (χ4v) is 4.64. The smallest absolute Gasteiger partial charge is 0.227 e. The van der Waals surface area contributed by atoms with E-state index in [0.29, 0.717) is 26.1 Å². The summed E-state index contributed by atoms with van der Waals surface area (Å²) in [6.45, 7) is 2.75. The van der Waals surface area contributed by atoms with Gasteiger partial charge in [0.25, 0.3) is 0 Å². The molecule has 1 N–H and O–H groups in total. The number of likely N-dealkylation sites (tertiary alicyclic amines) is 1. The molecule has 28 heavy (non-hydrogen) atoms. The molecule has 6 nitrogen and oxygen atoms in total. The molecule has 1 saturated heterocycles. The number of nitrogens with one attached hydrogen (secondary N) is 1. The topological polar surface area (TPSA) is 69.7 Å². The van der Waals surface area contributed by atoms with Crippen LogP contribution in [0.3, 0.4) is 0 Å². The lowest BCUT2D eigenvalue weighted by molar-refractivity contribution is -0.130. The van der Waals surface area contributed by atoms with Crippen LogP contribution in [-0.4, -0.2) is 54.6 Å². The number of para-hydroxylation sites is 1. The summed E-state index contributed by atoms with van der Waals surface area (Å²) in [4.78, 5) is 41.4. The summed E-state index contributed by atoms with van der Waals surface area (Å²) in [5.41, 5.74) is 0.950. The summed E-state index contributed by atoms with van der Waals surface area (Å²) in [5, 5.41) is 2.88. The summed E-state index contributed by atoms with van der Waals surface area (Å²) in [7, 11) is 0. The number of benzene rings is 1. The largest absolute Gasteiger partial charge is 0.356 e. The highest BCUT2D eigenvalue weighted by Gasteiger charge is 2.23. The van der Waals surface area contributed by atoms with Crippen LogP contribution in [0.25, 0.3) is 0 Å². The molecule has 2 aliphatic rings. The molecule has 1 fully saturated rings. The van der Waals surface area contributed by atoms with Gasteiger partial charge in [0.2, 0.25) is 17.7 Å². The molecule has 2 aliphatic heterocycles. The molecule has 1 aromatic carbocycles. The number of carbonyl (C=O) groups is 3. The molecule has 1 aromatic rings. The number of nitrogens with zero attached hydrogens (tertiary/aromatic N) is 2. The highest BCUT2D eigenvalue weighted by molar-refractivity contribution is 7.99. The first-order valence-electron chi connectivity index (χ1n) is 10.2. The van der Waals surface area contributed by atoms with Crippen molar-refractivity contribution < 1.29 is 14.4 Å². The normalized spacial score (nSPS) is 17.1. The summed E-state index contributed by atoms with van der Waals surface area (Å²) in [5.74, 6) is 1.01. The lowest BCUT2D eigenvalue weighted by Crippen LogP contribution is -2.36. The Bertz CT molecular complexity index is 710. The quantitative estimate of drug-likeness (QED) is 0.711. The van der Waals surface area contributed by atoms with Gasteiger partial charge >= 0.3 is 0 Å². The Morgan fingerprint density at radius 3 is 2.82 bits per heavy atom. The maximum Gasteiger partial charge on any atom is 0.227 e. The van der Waals surface area contributed by atoms with Crippen LogP contribution in [0.2, 0.25) is 0 Å². The number of fused-ring (bicyclic) bond motifs is 1. The second-order valence-corrected chi connectivity index (χ2v) is 8.39. The third-order valence-corrected chi connectivity index (χ3v) is 6.24. The van der Waals surface area contributed by atoms with Crippen molar-refractivity contribution in [3.05, 3.63) is 24.3 Å². The van der Waals surface area contributed by atoms with Gasteiger partial charge in [0, 0.05) is 56.1 Å². The maximum atomic E-state index is 12.6. The monoisotopic (exact) mass is 403 g/mol. The van der Waals surface area contributed by atoms with Gasteiger partial charge in [-0.05, 0) is 31.4 Å². The van der Waals surface area contributed by atoms with Gasteiger partial charge in [-0.25, -0.2) is 0 Å². The Morgan fingerprint density at radius 2 is 1.93 bits per heavy atom. The molecule has 2 heterocycles. The van der Waals surface area contributed by atoms with Crippen molar-refractivity contribution in [3.63, 3.8) is 0 Å². The number of rotatable bonds is 7. The number of amides is 3. The Kier molecular flexibility index (Phi) is 7.77. The van der Waals surface area contributed by atoms with Crippen LogP contribution in [0.1, 0.15) is 44.9 Å². The first kappa shape index (κ1) is 20.7. The third kappa shape index (κ3) is 5.74. The van der Waals surface area contributed by atoms with Gasteiger partial charge in [0.1, 0.15) is 0 Å². The number of carbonyl (C=O) groups excluding carboxylic acids is 3. The molecule has 0 aromatic heterocycles. The summed E-state index contributed by atoms with van der Waals surface area (Å²) >= 11 is 1.76. The van der Waals surface area contributed by atoms with E-state index in [2.05, 4.69) is 5.32 Å². The second kappa shape index (κ2) is 10.5. The molecule has 0 unspecified atom stereocenters. The molecule has 0 atom stereocenters. The molecule has 0 radical (unpaired) electrons. The van der Waals surface area contributed by atoms with Crippen LogP contribution in [0.4, 0.5) is 5.69 Å². The SMILES string of the molecule is O=C(CCC(=O)N1CCSc2ccccc21)NCCCN1CCCCCC1=O. The Hall–Kier alpha value is -2.02. The minimum Gasteiger partial charge on any atom is -0.356 e. The molecule has 0 spiro atoms. The molecule has 7 heteroatoms. The van der Waals surface area contributed by atoms with Crippen molar-refractivity contribution in [2.75, 3.05) is 36.8 Å². The summed E-state index contributed by atoms with van der Waals surface area (Å²) in [6, 6.07) is 7.91. The van der Waals surface area contributed by atoms with Gasteiger partial charge < -0.3 is 15.1 Å². The average Bonchev–Trinajstić information content (AvgIpc) is 2.93. The first-order valence-corrected chi connectivity index (χ1v) is 11.2. The van der Waals surface area contributed by atoms with Crippen molar-refractivity contribution in [2.24, 2.45) is 0 Å². The zero-order chi connectivity index (χ0) is 19.8. The van der Waals surface area contributed by atoms with Gasteiger partial charge in [0.15, 0.2) is 0 Å². The van der Waals surface area contributed by atoms with E-state index in [9.17, 15) is 14.4 Å². The maximum absolute atomic E-state index is 12.6. The fourth-order valence-electron chi connectivity index (χ4n) is 3.65. The van der Waals surface area contributed by atoms with Crippen molar-refractivity contribution in [1.82, 2.24) is 10.2 Å². The number of hydrogen-bond donors (Lipinski definition) is 1. The van der Waals surface area contributed by atoms with E-state index in [1.807, 2.05) is 29.2 Å². The molecule has 0 saturated carbocycles. The van der Waals surface area contributed by atoms with Crippen LogP contribution in [-0.2, 0) is 14.4 Å². The molecule has 152 valence electrons. The molecule has 0 aliphatic carbocycles. The van der Waals surface area contributed by atoms with Crippen molar-refractivity contribution in [1.29, 1.82) is 0 Å². The highest BCUT2D eigenvalue weighted by Crippen LogP contribution is 2.34. The Balaban J connectivity index is 1.35. The van der Waals surface area contributed by atoms with Crippen LogP contribution in [0.5, 0.6) is 0 Å². The minimum atomic E-state index is -0.102. The van der Waals surface area contributed by atoms with Crippen molar-refractivity contribution in [3.8, 4) is 0 Å². The standard InChI is InChI=1S/C21H29N3O3S/c25-19(22-12-6-14-23-13-5-1-2-9-20(23)26)10-11-21(27)24-15-16-28-18-8-4-3-7-17(18)24/h3-4,7-8H,1-2,5-6,9-16H2,(H,22,25). The molecular formula is C21H29N3O3S. The Morgan fingerprint density at radius 1 is 1.07 bits per heavy atom. The van der Waals surface area contributed by atoms with E-state index in [4.69, 9.17) is 0 Å². The molecule has 3 amide bonds. The summed E-state index contributed by atoms with van der Waals surface area (Å²) in [6.07, 6.45) is 4.99. The minimum absolute atomic E-state index is 0.00179.